The number of anilines is 1. The quantitative estimate of drug-likeness (QED) is 0.842. The summed E-state index contributed by atoms with van der Waals surface area (Å²) < 4.78 is 32.1. The second-order valence-corrected chi connectivity index (χ2v) is 6.58. The van der Waals surface area contributed by atoms with Gasteiger partial charge in [0.25, 0.3) is 5.91 Å². The average Bonchev–Trinajstić information content (AvgIpc) is 3.18. The average molecular weight is 376 g/mol. The molecule has 3 rings (SSSR count). The van der Waals surface area contributed by atoms with Crippen LogP contribution in [0.3, 0.4) is 0 Å². The van der Waals surface area contributed by atoms with Gasteiger partial charge in [-0.2, -0.15) is 0 Å². The molecule has 0 bridgehead atoms. The molecule has 1 fully saturated rings. The van der Waals surface area contributed by atoms with E-state index < -0.39 is 11.6 Å². The highest BCUT2D eigenvalue weighted by atomic mass is 19.2. The number of rotatable bonds is 6. The number of nitrogens with zero attached hydrogens (tertiary/aromatic N) is 2. The molecule has 0 radical (unpaired) electrons. The lowest BCUT2D eigenvalue weighted by Gasteiger charge is -2.27. The Kier molecular flexibility index (Phi) is 5.91. The van der Waals surface area contributed by atoms with Crippen LogP contribution in [-0.4, -0.2) is 48.7 Å². The molecule has 1 aliphatic rings. The third kappa shape index (κ3) is 4.54. The van der Waals surface area contributed by atoms with Crippen molar-refractivity contribution < 1.29 is 23.4 Å². The minimum Gasteiger partial charge on any atom is -0.484 e. The van der Waals surface area contributed by atoms with E-state index in [1.54, 1.807) is 29.2 Å². The maximum Gasteiger partial charge on any atom is 0.260 e. The smallest absolute Gasteiger partial charge is 0.260 e. The number of benzene rings is 2. The van der Waals surface area contributed by atoms with Crippen molar-refractivity contribution in [2.75, 3.05) is 31.6 Å². The number of carbonyl (C=O) groups excluding carboxylic acids is 1. The number of amides is 1. The minimum absolute atomic E-state index is 0.0302. The largest absolute Gasteiger partial charge is 0.484 e. The summed E-state index contributed by atoms with van der Waals surface area (Å²) in [6.45, 7) is 0.978. The zero-order valence-electron chi connectivity index (χ0n) is 15.1. The first kappa shape index (κ1) is 19.1. The molecule has 2 aromatic carbocycles. The van der Waals surface area contributed by atoms with Crippen LogP contribution in [0.15, 0.2) is 42.5 Å². The molecule has 0 aromatic heterocycles. The lowest BCUT2D eigenvalue weighted by atomic mass is 10.2. The van der Waals surface area contributed by atoms with Crippen molar-refractivity contribution in [3.63, 3.8) is 0 Å². The summed E-state index contributed by atoms with van der Waals surface area (Å²) in [5.74, 6) is -1.32. The Morgan fingerprint density at radius 1 is 1.22 bits per heavy atom. The Balaban J connectivity index is 1.53. The maximum absolute atomic E-state index is 13.4. The number of hydrogen-bond acceptors (Lipinski definition) is 4. The van der Waals surface area contributed by atoms with Gasteiger partial charge in [0.05, 0.1) is 6.61 Å². The molecule has 0 spiro atoms. The number of likely N-dealkylation sites (N-methyl/N-ethyl adjacent to an activating group) is 1. The summed E-state index contributed by atoms with van der Waals surface area (Å²) >= 11 is 0. The molecule has 2 aromatic rings. The predicted octanol–water partition coefficient (Wildman–Crippen LogP) is 2.57. The molecular formula is C20H22F2N2O3. The van der Waals surface area contributed by atoms with Crippen LogP contribution in [0.2, 0.25) is 0 Å². The molecule has 1 unspecified atom stereocenters. The van der Waals surface area contributed by atoms with Gasteiger partial charge in [-0.3, -0.25) is 4.79 Å². The molecule has 1 amide bonds. The molecule has 144 valence electrons. The highest BCUT2D eigenvalue weighted by molar-refractivity contribution is 5.78. The molecule has 1 aliphatic heterocycles. The van der Waals surface area contributed by atoms with E-state index in [0.29, 0.717) is 24.5 Å². The number of aliphatic hydroxyl groups is 1. The second kappa shape index (κ2) is 8.35. The Hall–Kier alpha value is -2.67. The molecule has 0 saturated carbocycles. The fourth-order valence-corrected chi connectivity index (χ4v) is 3.13. The van der Waals surface area contributed by atoms with E-state index in [0.717, 1.165) is 18.1 Å². The fourth-order valence-electron chi connectivity index (χ4n) is 3.13. The van der Waals surface area contributed by atoms with Gasteiger partial charge in [-0.25, -0.2) is 8.78 Å². The van der Waals surface area contributed by atoms with Crippen molar-refractivity contribution in [2.45, 2.75) is 19.1 Å². The zero-order chi connectivity index (χ0) is 19.4. The number of hydrogen-bond donors (Lipinski definition) is 1. The fraction of sp³-hybridized carbons (Fsp3) is 0.350. The van der Waals surface area contributed by atoms with E-state index in [1.165, 1.54) is 12.1 Å². The highest BCUT2D eigenvalue weighted by Crippen LogP contribution is 2.23. The first-order chi connectivity index (χ1) is 13.0. The van der Waals surface area contributed by atoms with Gasteiger partial charge >= 0.3 is 0 Å². The molecule has 27 heavy (non-hydrogen) atoms. The van der Waals surface area contributed by atoms with Crippen LogP contribution in [0.25, 0.3) is 0 Å². The van der Waals surface area contributed by atoms with Crippen LogP contribution < -0.4 is 9.64 Å². The first-order valence-electron chi connectivity index (χ1n) is 8.76. The Bertz CT molecular complexity index is 798. The third-order valence-corrected chi connectivity index (χ3v) is 4.84. The normalized spacial score (nSPS) is 16.4. The predicted molar refractivity (Wildman–Crippen MR) is 97.6 cm³/mol. The molecule has 1 heterocycles. The Morgan fingerprint density at radius 2 is 1.96 bits per heavy atom. The summed E-state index contributed by atoms with van der Waals surface area (Å²) in [5, 5.41) is 9.03. The minimum atomic E-state index is -0.883. The molecular weight excluding hydrogens is 354 g/mol. The van der Waals surface area contributed by atoms with Gasteiger partial charge in [-0.05, 0) is 36.2 Å². The molecule has 1 N–H and O–H groups in total. The van der Waals surface area contributed by atoms with Crippen LogP contribution in [0.4, 0.5) is 14.5 Å². The van der Waals surface area contributed by atoms with Gasteiger partial charge in [0.1, 0.15) is 5.75 Å². The maximum atomic E-state index is 13.4. The molecule has 0 aliphatic carbocycles. The van der Waals surface area contributed by atoms with Crippen LogP contribution in [0.5, 0.6) is 5.75 Å². The van der Waals surface area contributed by atoms with E-state index in [9.17, 15) is 13.6 Å². The summed E-state index contributed by atoms with van der Waals surface area (Å²) in [7, 11) is 1.81. The summed E-state index contributed by atoms with van der Waals surface area (Å²) in [6, 6.07) is 10.7. The number of carbonyl (C=O) groups is 1. The summed E-state index contributed by atoms with van der Waals surface area (Å²) in [5.41, 5.74) is 1.35. The van der Waals surface area contributed by atoms with Gasteiger partial charge in [0.15, 0.2) is 18.2 Å². The number of ether oxygens (including phenoxy) is 1. The number of likely N-dealkylation sites (tertiary alicyclic amines) is 1. The van der Waals surface area contributed by atoms with Gasteiger partial charge in [-0.1, -0.05) is 12.1 Å². The Labute approximate surface area is 156 Å². The third-order valence-electron chi connectivity index (χ3n) is 4.84. The zero-order valence-corrected chi connectivity index (χ0v) is 15.1. The topological polar surface area (TPSA) is 53.0 Å². The lowest BCUT2D eigenvalue weighted by molar-refractivity contribution is -0.132. The van der Waals surface area contributed by atoms with Crippen molar-refractivity contribution >= 4 is 11.6 Å². The highest BCUT2D eigenvalue weighted by Gasteiger charge is 2.29. The van der Waals surface area contributed by atoms with Crippen LogP contribution in [0, 0.1) is 11.6 Å². The van der Waals surface area contributed by atoms with E-state index in [1.807, 2.05) is 11.9 Å². The van der Waals surface area contributed by atoms with Gasteiger partial charge in [-0.15, -0.1) is 0 Å². The molecule has 1 atom stereocenters. The number of aliphatic hydroxyl groups excluding tert-OH is 1. The second-order valence-electron chi connectivity index (χ2n) is 6.58. The standard InChI is InChI=1S/C20H22F2N2O3/c1-23(15-4-7-18(21)19(22)10-15)16-8-9-24(11-16)20(26)13-27-17-5-2-14(12-25)3-6-17/h2-7,10,16,25H,8-9,11-13H2,1H3. The van der Waals surface area contributed by atoms with Crippen molar-refractivity contribution in [3.05, 3.63) is 59.7 Å². The van der Waals surface area contributed by atoms with Crippen LogP contribution >= 0.6 is 0 Å². The Morgan fingerprint density at radius 3 is 2.63 bits per heavy atom. The molecule has 5 nitrogen and oxygen atoms in total. The van der Waals surface area contributed by atoms with Crippen molar-refractivity contribution in [1.29, 1.82) is 0 Å². The molecule has 7 heteroatoms. The van der Waals surface area contributed by atoms with E-state index in [-0.39, 0.29) is 25.2 Å². The van der Waals surface area contributed by atoms with Gasteiger partial charge in [0, 0.05) is 37.9 Å². The van der Waals surface area contributed by atoms with E-state index >= 15 is 0 Å². The van der Waals surface area contributed by atoms with E-state index in [2.05, 4.69) is 0 Å². The summed E-state index contributed by atoms with van der Waals surface area (Å²) in [4.78, 5) is 16.0. The van der Waals surface area contributed by atoms with E-state index in [4.69, 9.17) is 9.84 Å². The van der Waals surface area contributed by atoms with Crippen LogP contribution in [-0.2, 0) is 11.4 Å². The van der Waals surface area contributed by atoms with Crippen molar-refractivity contribution in [3.8, 4) is 5.75 Å². The lowest BCUT2D eigenvalue weighted by Crippen LogP contribution is -2.38. The number of halogens is 2. The first-order valence-corrected chi connectivity index (χ1v) is 8.76. The molecule has 1 saturated heterocycles. The monoisotopic (exact) mass is 376 g/mol. The van der Waals surface area contributed by atoms with Crippen molar-refractivity contribution in [1.82, 2.24) is 4.90 Å². The summed E-state index contributed by atoms with van der Waals surface area (Å²) in [6.07, 6.45) is 0.742. The SMILES string of the molecule is CN(c1ccc(F)c(F)c1)C1CCN(C(=O)COc2ccc(CO)cc2)C1. The van der Waals surface area contributed by atoms with Gasteiger partial charge < -0.3 is 19.6 Å². The van der Waals surface area contributed by atoms with Gasteiger partial charge in [0.2, 0.25) is 0 Å². The van der Waals surface area contributed by atoms with Crippen molar-refractivity contribution in [2.24, 2.45) is 0 Å². The van der Waals surface area contributed by atoms with Crippen LogP contribution in [0.1, 0.15) is 12.0 Å².